The van der Waals surface area contributed by atoms with E-state index in [1.807, 2.05) is 36.1 Å². The molecule has 0 radical (unpaired) electrons. The van der Waals surface area contributed by atoms with Crippen LogP contribution in [0.2, 0.25) is 0 Å². The molecule has 1 aliphatic rings. The quantitative estimate of drug-likeness (QED) is 0.480. The van der Waals surface area contributed by atoms with Gasteiger partial charge in [-0.1, -0.05) is 19.1 Å². The van der Waals surface area contributed by atoms with Gasteiger partial charge in [0.15, 0.2) is 0 Å². The van der Waals surface area contributed by atoms with Crippen molar-refractivity contribution in [2.24, 2.45) is 0 Å². The molecule has 8 heteroatoms. The van der Waals surface area contributed by atoms with Crippen LogP contribution in [-0.2, 0) is 17.6 Å². The molecule has 0 saturated carbocycles. The first kappa shape index (κ1) is 25.9. The first-order valence-electron chi connectivity index (χ1n) is 11.9. The van der Waals surface area contributed by atoms with Crippen molar-refractivity contribution in [3.8, 4) is 5.75 Å². The maximum Gasteiger partial charge on any atom is 0.416 e. The van der Waals surface area contributed by atoms with Crippen LogP contribution in [0.25, 0.3) is 0 Å². The zero-order chi connectivity index (χ0) is 24.6. The molecule has 0 bridgehead atoms. The molecular formula is C26H34F3N3O2. The smallest absolute Gasteiger partial charge is 0.416 e. The topological polar surface area (TPSA) is 36.0 Å². The lowest BCUT2D eigenvalue weighted by Crippen LogP contribution is -2.47. The number of hydrogen-bond acceptors (Lipinski definition) is 4. The lowest BCUT2D eigenvalue weighted by Gasteiger charge is -2.36. The molecule has 0 N–H and O–H groups in total. The zero-order valence-corrected chi connectivity index (χ0v) is 20.0. The summed E-state index contributed by atoms with van der Waals surface area (Å²) >= 11 is 0. The van der Waals surface area contributed by atoms with Crippen LogP contribution in [-0.4, -0.2) is 61.5 Å². The molecule has 0 unspecified atom stereocenters. The Morgan fingerprint density at radius 1 is 0.971 bits per heavy atom. The van der Waals surface area contributed by atoms with Crippen molar-refractivity contribution in [1.29, 1.82) is 0 Å². The number of carbonyl (C=O) groups is 1. The number of anilines is 1. The fraction of sp³-hybridized carbons (Fsp3) is 0.500. The molecule has 2 aromatic rings. The SMILES string of the molecule is CCCN(CC)C(=O)CCN1CCN(c2ccc(OCc3ccc(C(F)(F)F)cc3)cc2)CC1. The lowest BCUT2D eigenvalue weighted by molar-refractivity contribution is -0.137. The molecule has 1 fully saturated rings. The van der Waals surface area contributed by atoms with Crippen LogP contribution in [0.5, 0.6) is 5.75 Å². The highest BCUT2D eigenvalue weighted by atomic mass is 19.4. The van der Waals surface area contributed by atoms with Crippen molar-refractivity contribution < 1.29 is 22.7 Å². The third kappa shape index (κ3) is 7.38. The fourth-order valence-electron chi connectivity index (χ4n) is 4.08. The molecule has 0 atom stereocenters. The Hall–Kier alpha value is -2.74. The van der Waals surface area contributed by atoms with Gasteiger partial charge in [-0.3, -0.25) is 9.69 Å². The molecule has 1 saturated heterocycles. The molecule has 1 aliphatic heterocycles. The summed E-state index contributed by atoms with van der Waals surface area (Å²) in [6.45, 7) is 10.3. The normalized spacial score (nSPS) is 14.8. The Bertz CT molecular complexity index is 893. The predicted octanol–water partition coefficient (Wildman–Crippen LogP) is 5.06. The Balaban J connectivity index is 1.42. The first-order valence-corrected chi connectivity index (χ1v) is 11.9. The van der Waals surface area contributed by atoms with Gasteiger partial charge >= 0.3 is 6.18 Å². The minimum absolute atomic E-state index is 0.211. The molecule has 0 aliphatic carbocycles. The van der Waals surface area contributed by atoms with E-state index in [0.717, 1.165) is 70.1 Å². The van der Waals surface area contributed by atoms with Crippen molar-refractivity contribution in [1.82, 2.24) is 9.80 Å². The Morgan fingerprint density at radius 3 is 2.18 bits per heavy atom. The maximum atomic E-state index is 12.7. The van der Waals surface area contributed by atoms with E-state index < -0.39 is 11.7 Å². The summed E-state index contributed by atoms with van der Waals surface area (Å²) in [6, 6.07) is 12.8. The van der Waals surface area contributed by atoms with E-state index in [2.05, 4.69) is 16.7 Å². The van der Waals surface area contributed by atoms with Gasteiger partial charge in [-0.15, -0.1) is 0 Å². The van der Waals surface area contributed by atoms with E-state index in [1.54, 1.807) is 0 Å². The molecule has 34 heavy (non-hydrogen) atoms. The summed E-state index contributed by atoms with van der Waals surface area (Å²) in [5.41, 5.74) is 1.13. The average Bonchev–Trinajstić information content (AvgIpc) is 2.85. The number of piperazine rings is 1. The summed E-state index contributed by atoms with van der Waals surface area (Å²) in [4.78, 5) is 18.9. The summed E-state index contributed by atoms with van der Waals surface area (Å²) in [7, 11) is 0. The number of amides is 1. The van der Waals surface area contributed by atoms with E-state index in [1.165, 1.54) is 12.1 Å². The second kappa shape index (κ2) is 12.1. The van der Waals surface area contributed by atoms with Crippen LogP contribution in [0.1, 0.15) is 37.8 Å². The van der Waals surface area contributed by atoms with Gasteiger partial charge in [0.1, 0.15) is 12.4 Å². The second-order valence-electron chi connectivity index (χ2n) is 8.53. The molecule has 1 amide bonds. The van der Waals surface area contributed by atoms with Crippen LogP contribution in [0.15, 0.2) is 48.5 Å². The molecular weight excluding hydrogens is 443 g/mol. The van der Waals surface area contributed by atoms with Gasteiger partial charge in [0.2, 0.25) is 5.91 Å². The lowest BCUT2D eigenvalue weighted by atomic mass is 10.1. The van der Waals surface area contributed by atoms with Crippen molar-refractivity contribution in [3.05, 3.63) is 59.7 Å². The van der Waals surface area contributed by atoms with E-state index in [0.29, 0.717) is 17.7 Å². The third-order valence-electron chi connectivity index (χ3n) is 6.13. The number of hydrogen-bond donors (Lipinski definition) is 0. The molecule has 186 valence electrons. The molecule has 2 aromatic carbocycles. The number of alkyl halides is 3. The Kier molecular flexibility index (Phi) is 9.21. The molecule has 1 heterocycles. The maximum absolute atomic E-state index is 12.7. The van der Waals surface area contributed by atoms with Gasteiger partial charge in [0.25, 0.3) is 0 Å². The molecule has 0 aromatic heterocycles. The van der Waals surface area contributed by atoms with Crippen molar-refractivity contribution >= 4 is 11.6 Å². The number of ether oxygens (including phenoxy) is 1. The largest absolute Gasteiger partial charge is 0.489 e. The van der Waals surface area contributed by atoms with Crippen molar-refractivity contribution in [2.75, 3.05) is 50.7 Å². The Labute approximate surface area is 200 Å². The van der Waals surface area contributed by atoms with Gasteiger partial charge in [0.05, 0.1) is 5.56 Å². The number of rotatable bonds is 10. The van der Waals surface area contributed by atoms with Gasteiger partial charge in [-0.25, -0.2) is 0 Å². The minimum Gasteiger partial charge on any atom is -0.489 e. The molecule has 3 rings (SSSR count). The van der Waals surface area contributed by atoms with E-state index in [9.17, 15) is 18.0 Å². The van der Waals surface area contributed by atoms with Crippen LogP contribution < -0.4 is 9.64 Å². The van der Waals surface area contributed by atoms with Gasteiger partial charge in [-0.2, -0.15) is 13.2 Å². The first-order chi connectivity index (χ1) is 16.3. The van der Waals surface area contributed by atoms with Gasteiger partial charge in [-0.05, 0) is 55.3 Å². The Morgan fingerprint density at radius 2 is 1.62 bits per heavy atom. The summed E-state index contributed by atoms with van der Waals surface area (Å²) in [5, 5.41) is 0. The highest BCUT2D eigenvalue weighted by molar-refractivity contribution is 5.76. The summed E-state index contributed by atoms with van der Waals surface area (Å²) in [6.07, 6.45) is -2.78. The van der Waals surface area contributed by atoms with Crippen LogP contribution in [0.3, 0.4) is 0 Å². The van der Waals surface area contributed by atoms with Crippen LogP contribution in [0.4, 0.5) is 18.9 Å². The molecule has 0 spiro atoms. The van der Waals surface area contributed by atoms with E-state index in [-0.39, 0.29) is 12.5 Å². The van der Waals surface area contributed by atoms with E-state index in [4.69, 9.17) is 4.74 Å². The standard InChI is InChI=1S/C26H34F3N3O2/c1-3-14-31(4-2)25(33)13-15-30-16-18-32(19-17-30)23-9-11-24(12-10-23)34-20-21-5-7-22(8-6-21)26(27,28)29/h5-12H,3-4,13-20H2,1-2H3. The number of benzene rings is 2. The fourth-order valence-corrected chi connectivity index (χ4v) is 4.08. The number of halogens is 3. The molecule has 5 nitrogen and oxygen atoms in total. The monoisotopic (exact) mass is 477 g/mol. The van der Waals surface area contributed by atoms with Crippen molar-refractivity contribution in [2.45, 2.75) is 39.5 Å². The van der Waals surface area contributed by atoms with Crippen LogP contribution >= 0.6 is 0 Å². The highest BCUT2D eigenvalue weighted by Crippen LogP contribution is 2.29. The van der Waals surface area contributed by atoms with Gasteiger partial charge in [0, 0.05) is 57.9 Å². The minimum atomic E-state index is -4.33. The van der Waals surface area contributed by atoms with Crippen LogP contribution in [0, 0.1) is 0 Å². The number of carbonyl (C=O) groups excluding carboxylic acids is 1. The third-order valence-corrected chi connectivity index (χ3v) is 6.13. The average molecular weight is 478 g/mol. The zero-order valence-electron chi connectivity index (χ0n) is 20.0. The van der Waals surface area contributed by atoms with E-state index >= 15 is 0 Å². The summed E-state index contributed by atoms with van der Waals surface area (Å²) < 4.78 is 43.7. The predicted molar refractivity (Wildman–Crippen MR) is 128 cm³/mol. The van der Waals surface area contributed by atoms with Crippen molar-refractivity contribution in [3.63, 3.8) is 0 Å². The second-order valence-corrected chi connectivity index (χ2v) is 8.53. The highest BCUT2D eigenvalue weighted by Gasteiger charge is 2.29. The summed E-state index contributed by atoms with van der Waals surface area (Å²) in [5.74, 6) is 0.909. The van der Waals surface area contributed by atoms with Gasteiger partial charge < -0.3 is 14.5 Å². The number of nitrogens with zero attached hydrogens (tertiary/aromatic N) is 3.